The number of ether oxygens (including phenoxy) is 1. The summed E-state index contributed by atoms with van der Waals surface area (Å²) in [7, 11) is 0. The molecule has 5 nitrogen and oxygen atoms in total. The quantitative estimate of drug-likeness (QED) is 0.842. The van der Waals surface area contributed by atoms with Crippen LogP contribution in [0, 0.1) is 0 Å². The van der Waals surface area contributed by atoms with Crippen LogP contribution < -0.4 is 15.8 Å². The number of rotatable bonds is 5. The molecule has 0 aliphatic rings. The zero-order valence-electron chi connectivity index (χ0n) is 10.3. The fourth-order valence-electron chi connectivity index (χ4n) is 1.61. The van der Waals surface area contributed by atoms with Crippen molar-refractivity contribution >= 4 is 11.6 Å². The Kier molecular flexibility index (Phi) is 4.09. The fraction of sp³-hybridized carbons (Fsp3) is 0.231. The summed E-state index contributed by atoms with van der Waals surface area (Å²) < 4.78 is 5.49. The van der Waals surface area contributed by atoms with Crippen molar-refractivity contribution in [1.29, 1.82) is 0 Å². The van der Waals surface area contributed by atoms with Crippen molar-refractivity contribution in [3.8, 4) is 5.75 Å². The maximum absolute atomic E-state index is 5.70. The topological polar surface area (TPSA) is 73.1 Å². The summed E-state index contributed by atoms with van der Waals surface area (Å²) in [6.07, 6.45) is 3.38. The van der Waals surface area contributed by atoms with Gasteiger partial charge in [-0.15, -0.1) is 0 Å². The second-order valence-corrected chi connectivity index (χ2v) is 3.66. The molecule has 0 spiro atoms. The first-order valence-electron chi connectivity index (χ1n) is 5.83. The lowest BCUT2D eigenvalue weighted by Crippen LogP contribution is -2.03. The van der Waals surface area contributed by atoms with Gasteiger partial charge in [0.05, 0.1) is 6.61 Å². The highest BCUT2D eigenvalue weighted by atomic mass is 16.5. The molecule has 0 fully saturated rings. The molecule has 3 N–H and O–H groups in total. The Labute approximate surface area is 106 Å². The fourth-order valence-corrected chi connectivity index (χ4v) is 1.61. The molecule has 0 aliphatic carbocycles. The molecule has 1 aromatic carbocycles. The van der Waals surface area contributed by atoms with Gasteiger partial charge in [0, 0.05) is 30.2 Å². The Bertz CT molecular complexity index is 502. The molecule has 0 bridgehead atoms. The second-order valence-electron chi connectivity index (χ2n) is 3.66. The Balaban J connectivity index is 2.19. The third kappa shape index (κ3) is 2.95. The molecule has 1 heterocycles. The lowest BCUT2D eigenvalue weighted by Gasteiger charge is -2.11. The number of aromatic nitrogens is 2. The smallest absolute Gasteiger partial charge is 0.227 e. The minimum absolute atomic E-state index is 0.431. The van der Waals surface area contributed by atoms with Crippen LogP contribution in [0.3, 0.4) is 0 Å². The first-order valence-corrected chi connectivity index (χ1v) is 5.83. The van der Waals surface area contributed by atoms with Crippen LogP contribution in [0.25, 0.3) is 0 Å². The van der Waals surface area contributed by atoms with E-state index in [1.54, 1.807) is 18.5 Å². The average Bonchev–Trinajstić information content (AvgIpc) is 2.42. The Morgan fingerprint density at radius 3 is 2.72 bits per heavy atom. The van der Waals surface area contributed by atoms with Crippen LogP contribution in [-0.2, 0) is 6.54 Å². The number of hydrogen-bond acceptors (Lipinski definition) is 5. The van der Waals surface area contributed by atoms with Crippen LogP contribution in [0.2, 0.25) is 0 Å². The highest BCUT2D eigenvalue weighted by molar-refractivity contribution is 5.57. The lowest BCUT2D eigenvalue weighted by atomic mass is 10.2. The minimum Gasteiger partial charge on any atom is -0.494 e. The van der Waals surface area contributed by atoms with Gasteiger partial charge in [0.1, 0.15) is 5.75 Å². The second kappa shape index (κ2) is 5.97. The Hall–Kier alpha value is -2.14. The van der Waals surface area contributed by atoms with Crippen molar-refractivity contribution in [2.24, 2.45) is 5.73 Å². The van der Waals surface area contributed by atoms with Gasteiger partial charge < -0.3 is 15.8 Å². The molecule has 5 heteroatoms. The molecule has 0 unspecified atom stereocenters. The molecule has 18 heavy (non-hydrogen) atoms. The first-order chi connectivity index (χ1) is 8.83. The monoisotopic (exact) mass is 244 g/mol. The molecule has 0 atom stereocenters. The van der Waals surface area contributed by atoms with Crippen LogP contribution in [-0.4, -0.2) is 16.6 Å². The maximum atomic E-state index is 5.70. The Morgan fingerprint density at radius 1 is 1.28 bits per heavy atom. The van der Waals surface area contributed by atoms with E-state index < -0.39 is 0 Å². The van der Waals surface area contributed by atoms with Crippen molar-refractivity contribution in [3.63, 3.8) is 0 Å². The van der Waals surface area contributed by atoms with Crippen LogP contribution >= 0.6 is 0 Å². The van der Waals surface area contributed by atoms with Crippen LogP contribution in [0.5, 0.6) is 5.75 Å². The highest BCUT2D eigenvalue weighted by Gasteiger charge is 2.04. The molecule has 94 valence electrons. The summed E-state index contributed by atoms with van der Waals surface area (Å²) in [5.41, 5.74) is 7.55. The van der Waals surface area contributed by atoms with Crippen molar-refractivity contribution in [3.05, 3.63) is 42.2 Å². The van der Waals surface area contributed by atoms with E-state index in [0.717, 1.165) is 17.0 Å². The van der Waals surface area contributed by atoms with Gasteiger partial charge >= 0.3 is 0 Å². The third-order valence-corrected chi connectivity index (χ3v) is 2.40. The van der Waals surface area contributed by atoms with Crippen LogP contribution in [0.1, 0.15) is 12.5 Å². The first kappa shape index (κ1) is 12.3. The normalized spacial score (nSPS) is 10.1. The van der Waals surface area contributed by atoms with E-state index in [1.807, 2.05) is 25.1 Å². The maximum Gasteiger partial charge on any atom is 0.227 e. The summed E-state index contributed by atoms with van der Waals surface area (Å²) in [4.78, 5) is 8.21. The van der Waals surface area contributed by atoms with E-state index in [-0.39, 0.29) is 0 Å². The SMILES string of the molecule is CCOc1ccc(Nc2ncccn2)cc1CN. The number of anilines is 2. The van der Waals surface area contributed by atoms with E-state index in [0.29, 0.717) is 19.1 Å². The van der Waals surface area contributed by atoms with Gasteiger partial charge in [0.15, 0.2) is 0 Å². The van der Waals surface area contributed by atoms with Gasteiger partial charge in [-0.05, 0) is 31.2 Å². The van der Waals surface area contributed by atoms with Gasteiger partial charge in [0.2, 0.25) is 5.95 Å². The molecule has 0 saturated carbocycles. The van der Waals surface area contributed by atoms with Crippen molar-refractivity contribution in [2.45, 2.75) is 13.5 Å². The Morgan fingerprint density at radius 2 is 2.06 bits per heavy atom. The van der Waals surface area contributed by atoms with E-state index in [2.05, 4.69) is 15.3 Å². The van der Waals surface area contributed by atoms with Gasteiger partial charge in [-0.2, -0.15) is 0 Å². The summed E-state index contributed by atoms with van der Waals surface area (Å²) in [5.74, 6) is 1.38. The van der Waals surface area contributed by atoms with E-state index in [1.165, 1.54) is 0 Å². The number of hydrogen-bond donors (Lipinski definition) is 2. The molecule has 0 radical (unpaired) electrons. The van der Waals surface area contributed by atoms with Gasteiger partial charge in [-0.3, -0.25) is 0 Å². The summed E-state index contributed by atoms with van der Waals surface area (Å²) in [6.45, 7) is 3.01. The minimum atomic E-state index is 0.431. The standard InChI is InChI=1S/C13H16N4O/c1-2-18-12-5-4-11(8-10(12)9-14)17-13-15-6-3-7-16-13/h3-8H,2,9,14H2,1H3,(H,15,16,17). The predicted octanol–water partition coefficient (Wildman–Crippen LogP) is 2.08. The number of nitrogens with one attached hydrogen (secondary N) is 1. The van der Waals surface area contributed by atoms with Gasteiger partial charge in [-0.1, -0.05) is 0 Å². The molecule has 0 amide bonds. The molecule has 0 aliphatic heterocycles. The summed E-state index contributed by atoms with van der Waals surface area (Å²) in [5, 5.41) is 3.11. The van der Waals surface area contributed by atoms with Crippen molar-refractivity contribution < 1.29 is 4.74 Å². The number of nitrogens with zero attached hydrogens (tertiary/aromatic N) is 2. The molecule has 0 saturated heterocycles. The largest absolute Gasteiger partial charge is 0.494 e. The number of nitrogens with two attached hydrogens (primary N) is 1. The lowest BCUT2D eigenvalue weighted by molar-refractivity contribution is 0.336. The molecule has 2 aromatic rings. The van der Waals surface area contributed by atoms with Gasteiger partial charge in [0.25, 0.3) is 0 Å². The van der Waals surface area contributed by atoms with E-state index in [4.69, 9.17) is 10.5 Å². The zero-order chi connectivity index (χ0) is 12.8. The summed E-state index contributed by atoms with van der Waals surface area (Å²) >= 11 is 0. The van der Waals surface area contributed by atoms with Crippen LogP contribution in [0.4, 0.5) is 11.6 Å². The molecule has 1 aromatic heterocycles. The predicted molar refractivity (Wildman–Crippen MR) is 70.8 cm³/mol. The van der Waals surface area contributed by atoms with E-state index >= 15 is 0 Å². The molecular weight excluding hydrogens is 228 g/mol. The van der Waals surface area contributed by atoms with Crippen molar-refractivity contribution in [2.75, 3.05) is 11.9 Å². The van der Waals surface area contributed by atoms with Gasteiger partial charge in [-0.25, -0.2) is 9.97 Å². The molecule has 2 rings (SSSR count). The summed E-state index contributed by atoms with van der Waals surface area (Å²) in [6, 6.07) is 7.54. The van der Waals surface area contributed by atoms with Crippen LogP contribution in [0.15, 0.2) is 36.7 Å². The third-order valence-electron chi connectivity index (χ3n) is 2.40. The molecular formula is C13H16N4O. The van der Waals surface area contributed by atoms with Crippen molar-refractivity contribution in [1.82, 2.24) is 9.97 Å². The van der Waals surface area contributed by atoms with E-state index in [9.17, 15) is 0 Å². The number of benzene rings is 1. The average molecular weight is 244 g/mol. The zero-order valence-corrected chi connectivity index (χ0v) is 10.3. The highest BCUT2D eigenvalue weighted by Crippen LogP contribution is 2.23.